The Morgan fingerprint density at radius 2 is 2.17 bits per heavy atom. The van der Waals surface area contributed by atoms with E-state index < -0.39 is 0 Å². The molecule has 1 rings (SSSR count). The third-order valence-corrected chi connectivity index (χ3v) is 3.26. The van der Waals surface area contributed by atoms with E-state index in [0.29, 0.717) is 17.4 Å². The minimum absolute atomic E-state index is 0.182. The van der Waals surface area contributed by atoms with Crippen molar-refractivity contribution in [3.8, 4) is 5.88 Å². The lowest BCUT2D eigenvalue weighted by atomic mass is 10.1. The summed E-state index contributed by atoms with van der Waals surface area (Å²) in [4.78, 5) is 4.16. The van der Waals surface area contributed by atoms with Crippen LogP contribution in [0, 0.1) is 0 Å². The highest BCUT2D eigenvalue weighted by Gasteiger charge is 2.07. The highest BCUT2D eigenvalue weighted by atomic mass is 35.5. The van der Waals surface area contributed by atoms with Crippen LogP contribution in [-0.2, 0) is 6.54 Å². The number of halogens is 1. The van der Waals surface area contributed by atoms with Crippen LogP contribution in [0.15, 0.2) is 12.3 Å². The van der Waals surface area contributed by atoms with Gasteiger partial charge in [0.15, 0.2) is 0 Å². The average Bonchev–Trinajstić information content (AvgIpc) is 2.37. The molecule has 0 bridgehead atoms. The van der Waals surface area contributed by atoms with E-state index in [0.717, 1.165) is 12.0 Å². The van der Waals surface area contributed by atoms with E-state index in [1.807, 2.05) is 6.07 Å². The lowest BCUT2D eigenvalue weighted by Gasteiger charge is -2.14. The summed E-state index contributed by atoms with van der Waals surface area (Å²) in [6.45, 7) is 4.69. The van der Waals surface area contributed by atoms with Gasteiger partial charge in [-0.2, -0.15) is 0 Å². The van der Waals surface area contributed by atoms with E-state index in [-0.39, 0.29) is 6.10 Å². The molecule has 0 spiro atoms. The van der Waals surface area contributed by atoms with Gasteiger partial charge in [0.05, 0.1) is 11.1 Å². The summed E-state index contributed by atoms with van der Waals surface area (Å²) in [5, 5.41) is 0.598. The number of pyridine rings is 1. The second kappa shape index (κ2) is 8.33. The van der Waals surface area contributed by atoms with Crippen molar-refractivity contribution in [2.24, 2.45) is 5.73 Å². The van der Waals surface area contributed by atoms with Gasteiger partial charge in [0.25, 0.3) is 0 Å². The van der Waals surface area contributed by atoms with Gasteiger partial charge in [-0.25, -0.2) is 4.98 Å². The molecule has 2 N–H and O–H groups in total. The standard InChI is InChI=1S/C14H23ClN2O/c1-3-4-5-6-7-11(2)18-14-8-12(9-16)13(15)10-17-14/h8,10-11H,3-7,9,16H2,1-2H3. The van der Waals surface area contributed by atoms with Crippen LogP contribution < -0.4 is 10.5 Å². The first-order chi connectivity index (χ1) is 8.67. The van der Waals surface area contributed by atoms with Crippen molar-refractivity contribution in [3.63, 3.8) is 0 Å². The number of ether oxygens (including phenoxy) is 1. The van der Waals surface area contributed by atoms with Crippen LogP contribution in [0.4, 0.5) is 0 Å². The minimum Gasteiger partial charge on any atom is -0.475 e. The fraction of sp³-hybridized carbons (Fsp3) is 0.643. The van der Waals surface area contributed by atoms with Crippen molar-refractivity contribution in [2.75, 3.05) is 0 Å². The van der Waals surface area contributed by atoms with Crippen LogP contribution in [0.3, 0.4) is 0 Å². The topological polar surface area (TPSA) is 48.1 Å². The van der Waals surface area contributed by atoms with Gasteiger partial charge in [-0.15, -0.1) is 0 Å². The fourth-order valence-corrected chi connectivity index (χ4v) is 1.98. The van der Waals surface area contributed by atoms with Gasteiger partial charge < -0.3 is 10.5 Å². The van der Waals surface area contributed by atoms with Gasteiger partial charge in [-0.3, -0.25) is 0 Å². The highest BCUT2D eigenvalue weighted by Crippen LogP contribution is 2.20. The van der Waals surface area contributed by atoms with Crippen molar-refractivity contribution in [1.82, 2.24) is 4.98 Å². The van der Waals surface area contributed by atoms with Gasteiger partial charge in [0, 0.05) is 18.8 Å². The lowest BCUT2D eigenvalue weighted by molar-refractivity contribution is 0.198. The summed E-state index contributed by atoms with van der Waals surface area (Å²) in [5.41, 5.74) is 6.47. The van der Waals surface area contributed by atoms with Crippen LogP contribution in [0.1, 0.15) is 51.5 Å². The van der Waals surface area contributed by atoms with E-state index in [9.17, 15) is 0 Å². The minimum atomic E-state index is 0.182. The van der Waals surface area contributed by atoms with Crippen LogP contribution >= 0.6 is 11.6 Å². The zero-order valence-electron chi connectivity index (χ0n) is 11.3. The molecule has 0 aliphatic carbocycles. The predicted octanol–water partition coefficient (Wildman–Crippen LogP) is 3.93. The maximum Gasteiger partial charge on any atom is 0.213 e. The molecule has 0 aliphatic rings. The third-order valence-electron chi connectivity index (χ3n) is 2.92. The second-order valence-corrected chi connectivity index (χ2v) is 5.00. The maximum absolute atomic E-state index is 5.95. The molecular formula is C14H23ClN2O. The van der Waals surface area contributed by atoms with Crippen molar-refractivity contribution in [3.05, 3.63) is 22.8 Å². The number of hydrogen-bond donors (Lipinski definition) is 1. The van der Waals surface area contributed by atoms with Gasteiger partial charge in [0.2, 0.25) is 5.88 Å². The Labute approximate surface area is 115 Å². The molecule has 0 aromatic carbocycles. The quantitative estimate of drug-likeness (QED) is 0.728. The smallest absolute Gasteiger partial charge is 0.213 e. The molecule has 0 saturated heterocycles. The molecular weight excluding hydrogens is 248 g/mol. The van der Waals surface area contributed by atoms with E-state index in [4.69, 9.17) is 22.1 Å². The molecule has 1 aromatic rings. The summed E-state index contributed by atoms with van der Waals surface area (Å²) in [6.07, 6.45) is 7.86. The molecule has 18 heavy (non-hydrogen) atoms. The monoisotopic (exact) mass is 270 g/mol. The Morgan fingerprint density at radius 1 is 1.39 bits per heavy atom. The van der Waals surface area contributed by atoms with E-state index in [1.54, 1.807) is 6.20 Å². The molecule has 1 aromatic heterocycles. The van der Waals surface area contributed by atoms with Crippen LogP contribution in [0.2, 0.25) is 5.02 Å². The Bertz CT molecular complexity index is 358. The maximum atomic E-state index is 5.95. The SMILES string of the molecule is CCCCCCC(C)Oc1cc(CN)c(Cl)cn1. The van der Waals surface area contributed by atoms with Gasteiger partial charge in [-0.05, 0) is 25.3 Å². The van der Waals surface area contributed by atoms with Crippen molar-refractivity contribution >= 4 is 11.6 Å². The molecule has 102 valence electrons. The Kier molecular flexibility index (Phi) is 7.06. The lowest BCUT2D eigenvalue weighted by Crippen LogP contribution is -2.13. The first-order valence-electron chi connectivity index (χ1n) is 6.68. The Balaban J connectivity index is 2.41. The van der Waals surface area contributed by atoms with Crippen molar-refractivity contribution in [2.45, 2.75) is 58.6 Å². The van der Waals surface area contributed by atoms with Crippen molar-refractivity contribution in [1.29, 1.82) is 0 Å². The van der Waals surface area contributed by atoms with E-state index in [2.05, 4.69) is 18.8 Å². The molecule has 3 nitrogen and oxygen atoms in total. The number of nitrogens with zero attached hydrogens (tertiary/aromatic N) is 1. The first-order valence-corrected chi connectivity index (χ1v) is 7.06. The summed E-state index contributed by atoms with van der Waals surface area (Å²) in [5.74, 6) is 0.614. The van der Waals surface area contributed by atoms with Gasteiger partial charge >= 0.3 is 0 Å². The first kappa shape index (κ1) is 15.3. The third kappa shape index (κ3) is 5.23. The molecule has 0 radical (unpaired) electrons. The summed E-state index contributed by atoms with van der Waals surface area (Å²) in [7, 11) is 0. The molecule has 0 saturated carbocycles. The number of unbranched alkanes of at least 4 members (excludes halogenated alkanes) is 3. The van der Waals surface area contributed by atoms with Gasteiger partial charge in [-0.1, -0.05) is 37.8 Å². The molecule has 0 aliphatic heterocycles. The van der Waals surface area contributed by atoms with Crippen LogP contribution in [-0.4, -0.2) is 11.1 Å². The number of rotatable bonds is 8. The molecule has 0 fully saturated rings. The molecule has 4 heteroatoms. The molecule has 1 heterocycles. The predicted molar refractivity (Wildman–Crippen MR) is 76.0 cm³/mol. The molecule has 0 amide bonds. The van der Waals surface area contributed by atoms with E-state index >= 15 is 0 Å². The summed E-state index contributed by atoms with van der Waals surface area (Å²) in [6, 6.07) is 1.82. The average molecular weight is 271 g/mol. The molecule has 1 atom stereocenters. The number of hydrogen-bond acceptors (Lipinski definition) is 3. The Morgan fingerprint density at radius 3 is 2.83 bits per heavy atom. The summed E-state index contributed by atoms with van der Waals surface area (Å²) < 4.78 is 5.77. The largest absolute Gasteiger partial charge is 0.475 e. The second-order valence-electron chi connectivity index (χ2n) is 4.60. The summed E-state index contributed by atoms with van der Waals surface area (Å²) >= 11 is 5.95. The highest BCUT2D eigenvalue weighted by molar-refractivity contribution is 6.31. The number of nitrogens with two attached hydrogens (primary N) is 1. The normalized spacial score (nSPS) is 12.4. The van der Waals surface area contributed by atoms with Gasteiger partial charge in [0.1, 0.15) is 0 Å². The zero-order valence-corrected chi connectivity index (χ0v) is 12.0. The molecule has 1 unspecified atom stereocenters. The van der Waals surface area contributed by atoms with E-state index in [1.165, 1.54) is 25.7 Å². The van der Waals surface area contributed by atoms with Crippen LogP contribution in [0.25, 0.3) is 0 Å². The van der Waals surface area contributed by atoms with Crippen LogP contribution in [0.5, 0.6) is 5.88 Å². The Hall–Kier alpha value is -0.800. The number of aromatic nitrogens is 1. The zero-order chi connectivity index (χ0) is 13.4. The fourth-order valence-electron chi connectivity index (χ4n) is 1.80. The van der Waals surface area contributed by atoms with Crippen molar-refractivity contribution < 1.29 is 4.74 Å².